The molecule has 1 N–H and O–H groups in total. The fraction of sp³-hybridized carbons (Fsp3) is 0.647. The molecule has 0 spiro atoms. The van der Waals surface area contributed by atoms with Crippen molar-refractivity contribution >= 4 is 0 Å². The molecule has 0 aliphatic heterocycles. The maximum absolute atomic E-state index is 13.4. The van der Waals surface area contributed by atoms with Crippen LogP contribution in [0.1, 0.15) is 58.1 Å². The summed E-state index contributed by atoms with van der Waals surface area (Å²) >= 11 is 0. The van der Waals surface area contributed by atoms with Gasteiger partial charge in [-0.05, 0) is 55.7 Å². The van der Waals surface area contributed by atoms with Crippen LogP contribution in [0.2, 0.25) is 0 Å². The van der Waals surface area contributed by atoms with E-state index < -0.39 is 11.7 Å². The standard InChI is InChI=1S/C17H25FO2/c1-4-20-17(10-8-16(2,3)9-11-17)15(19)13-6-5-7-14(18)12-13/h5-7,12,15,19H,4,8-11H2,1-3H3. The second kappa shape index (κ2) is 5.82. The minimum absolute atomic E-state index is 0.294. The number of aliphatic hydroxyl groups excluding tert-OH is 1. The highest BCUT2D eigenvalue weighted by Crippen LogP contribution is 2.47. The molecule has 2 rings (SSSR count). The summed E-state index contributed by atoms with van der Waals surface area (Å²) in [6.07, 6.45) is 2.88. The van der Waals surface area contributed by atoms with Crippen LogP contribution in [0.25, 0.3) is 0 Å². The second-order valence-corrected chi connectivity index (χ2v) is 6.62. The summed E-state index contributed by atoms with van der Waals surface area (Å²) in [5, 5.41) is 10.7. The molecule has 0 amide bonds. The first-order chi connectivity index (χ1) is 9.38. The van der Waals surface area contributed by atoms with Crippen LogP contribution in [0, 0.1) is 11.2 Å². The first-order valence-corrected chi connectivity index (χ1v) is 7.46. The monoisotopic (exact) mass is 280 g/mol. The van der Waals surface area contributed by atoms with Crippen molar-refractivity contribution in [2.45, 2.75) is 58.2 Å². The molecule has 2 nitrogen and oxygen atoms in total. The molecule has 0 aromatic heterocycles. The first kappa shape index (κ1) is 15.5. The Morgan fingerprint density at radius 3 is 2.45 bits per heavy atom. The Kier molecular flexibility index (Phi) is 4.50. The fourth-order valence-electron chi connectivity index (χ4n) is 3.11. The Hall–Kier alpha value is -0.930. The topological polar surface area (TPSA) is 29.5 Å². The lowest BCUT2D eigenvalue weighted by Crippen LogP contribution is -2.44. The molecule has 3 heteroatoms. The molecule has 1 fully saturated rings. The quantitative estimate of drug-likeness (QED) is 0.894. The molecule has 1 aliphatic carbocycles. The first-order valence-electron chi connectivity index (χ1n) is 7.46. The van der Waals surface area contributed by atoms with Crippen molar-refractivity contribution < 1.29 is 14.2 Å². The van der Waals surface area contributed by atoms with Gasteiger partial charge in [0.1, 0.15) is 11.9 Å². The predicted octanol–water partition coefficient (Wildman–Crippen LogP) is 4.23. The molecule has 20 heavy (non-hydrogen) atoms. The van der Waals surface area contributed by atoms with Crippen molar-refractivity contribution in [3.63, 3.8) is 0 Å². The molecule has 0 radical (unpaired) electrons. The Morgan fingerprint density at radius 1 is 1.25 bits per heavy atom. The van der Waals surface area contributed by atoms with E-state index in [4.69, 9.17) is 4.74 Å². The zero-order valence-corrected chi connectivity index (χ0v) is 12.7. The molecule has 0 bridgehead atoms. The Bertz CT molecular complexity index is 446. The van der Waals surface area contributed by atoms with Crippen LogP contribution in [0.3, 0.4) is 0 Å². The maximum Gasteiger partial charge on any atom is 0.123 e. The van der Waals surface area contributed by atoms with E-state index in [9.17, 15) is 9.50 Å². The van der Waals surface area contributed by atoms with E-state index in [1.807, 2.05) is 6.92 Å². The summed E-state index contributed by atoms with van der Waals surface area (Å²) in [6.45, 7) is 7.00. The molecule has 1 aromatic carbocycles. The van der Waals surface area contributed by atoms with Gasteiger partial charge in [0.05, 0.1) is 5.60 Å². The molecule has 1 aliphatic rings. The Morgan fingerprint density at radius 2 is 1.90 bits per heavy atom. The fourth-order valence-corrected chi connectivity index (χ4v) is 3.11. The van der Waals surface area contributed by atoms with E-state index in [0.717, 1.165) is 25.7 Å². The van der Waals surface area contributed by atoms with Crippen LogP contribution < -0.4 is 0 Å². The molecular formula is C17H25FO2. The van der Waals surface area contributed by atoms with Crippen LogP contribution in [0.15, 0.2) is 24.3 Å². The smallest absolute Gasteiger partial charge is 0.123 e. The Labute approximate surface area is 121 Å². The molecule has 112 valence electrons. The van der Waals surface area contributed by atoms with E-state index in [2.05, 4.69) is 13.8 Å². The number of halogens is 1. The highest BCUT2D eigenvalue weighted by Gasteiger charge is 2.44. The zero-order valence-electron chi connectivity index (χ0n) is 12.7. The van der Waals surface area contributed by atoms with Crippen molar-refractivity contribution in [2.24, 2.45) is 5.41 Å². The van der Waals surface area contributed by atoms with Crippen LogP contribution in [0.5, 0.6) is 0 Å². The zero-order chi connectivity index (χ0) is 14.8. The number of benzene rings is 1. The summed E-state index contributed by atoms with van der Waals surface area (Å²) in [5.41, 5.74) is 0.332. The third-order valence-electron chi connectivity index (χ3n) is 4.54. The molecular weight excluding hydrogens is 255 g/mol. The highest BCUT2D eigenvalue weighted by molar-refractivity contribution is 5.22. The largest absolute Gasteiger partial charge is 0.385 e. The third-order valence-corrected chi connectivity index (χ3v) is 4.54. The molecule has 1 saturated carbocycles. The maximum atomic E-state index is 13.4. The van der Waals surface area contributed by atoms with Crippen LogP contribution in [0.4, 0.5) is 4.39 Å². The normalized spacial score (nSPS) is 22.4. The summed E-state index contributed by atoms with van der Waals surface area (Å²) in [7, 11) is 0. The van der Waals surface area contributed by atoms with Crippen molar-refractivity contribution in [1.29, 1.82) is 0 Å². The number of hydrogen-bond donors (Lipinski definition) is 1. The van der Waals surface area contributed by atoms with Crippen LogP contribution in [-0.2, 0) is 4.74 Å². The van der Waals surface area contributed by atoms with Gasteiger partial charge in [-0.25, -0.2) is 4.39 Å². The van der Waals surface area contributed by atoms with Crippen LogP contribution in [-0.4, -0.2) is 17.3 Å². The van der Waals surface area contributed by atoms with E-state index in [1.165, 1.54) is 12.1 Å². The van der Waals surface area contributed by atoms with E-state index >= 15 is 0 Å². The average molecular weight is 280 g/mol. The lowest BCUT2D eigenvalue weighted by atomic mass is 9.68. The number of aliphatic hydroxyl groups is 1. The van der Waals surface area contributed by atoms with Gasteiger partial charge in [-0.3, -0.25) is 0 Å². The SMILES string of the molecule is CCOC1(C(O)c2cccc(F)c2)CCC(C)(C)CC1. The molecule has 0 saturated heterocycles. The lowest BCUT2D eigenvalue weighted by Gasteiger charge is -2.46. The van der Waals surface area contributed by atoms with Gasteiger partial charge < -0.3 is 9.84 Å². The number of ether oxygens (including phenoxy) is 1. The van der Waals surface area contributed by atoms with Gasteiger partial charge in [-0.15, -0.1) is 0 Å². The van der Waals surface area contributed by atoms with Gasteiger partial charge in [-0.2, -0.15) is 0 Å². The van der Waals surface area contributed by atoms with Crippen molar-refractivity contribution in [3.8, 4) is 0 Å². The molecule has 1 unspecified atom stereocenters. The third kappa shape index (κ3) is 3.21. The minimum atomic E-state index is -0.769. The Balaban J connectivity index is 2.24. The average Bonchev–Trinajstić information content (AvgIpc) is 2.41. The summed E-state index contributed by atoms with van der Waals surface area (Å²) in [6, 6.07) is 6.22. The van der Waals surface area contributed by atoms with Gasteiger partial charge in [0.25, 0.3) is 0 Å². The molecule has 1 atom stereocenters. The van der Waals surface area contributed by atoms with Gasteiger partial charge in [-0.1, -0.05) is 26.0 Å². The second-order valence-electron chi connectivity index (χ2n) is 6.62. The minimum Gasteiger partial charge on any atom is -0.385 e. The van der Waals surface area contributed by atoms with Crippen molar-refractivity contribution in [3.05, 3.63) is 35.6 Å². The summed E-state index contributed by atoms with van der Waals surface area (Å²) < 4.78 is 19.3. The van der Waals surface area contributed by atoms with Gasteiger partial charge in [0.15, 0.2) is 0 Å². The number of rotatable bonds is 4. The highest BCUT2D eigenvalue weighted by atomic mass is 19.1. The van der Waals surface area contributed by atoms with Crippen molar-refractivity contribution in [1.82, 2.24) is 0 Å². The molecule has 1 aromatic rings. The van der Waals surface area contributed by atoms with Gasteiger partial charge in [0, 0.05) is 6.61 Å². The van der Waals surface area contributed by atoms with Gasteiger partial charge in [0.2, 0.25) is 0 Å². The summed E-state index contributed by atoms with van der Waals surface area (Å²) in [4.78, 5) is 0. The predicted molar refractivity (Wildman–Crippen MR) is 78.0 cm³/mol. The van der Waals surface area contributed by atoms with Crippen molar-refractivity contribution in [2.75, 3.05) is 6.61 Å². The van der Waals surface area contributed by atoms with Crippen LogP contribution >= 0.6 is 0 Å². The van der Waals surface area contributed by atoms with Gasteiger partial charge >= 0.3 is 0 Å². The van der Waals surface area contributed by atoms with E-state index in [-0.39, 0.29) is 5.82 Å². The van der Waals surface area contributed by atoms with E-state index in [0.29, 0.717) is 17.6 Å². The summed E-state index contributed by atoms with van der Waals surface area (Å²) in [5.74, 6) is -0.315. The lowest BCUT2D eigenvalue weighted by molar-refractivity contribution is -0.153. The number of hydrogen-bond acceptors (Lipinski definition) is 2. The molecule has 0 heterocycles. The van der Waals surface area contributed by atoms with E-state index in [1.54, 1.807) is 12.1 Å².